The first kappa shape index (κ1) is 19.7. The minimum absolute atomic E-state index is 0.0534. The molecule has 0 aliphatic rings. The summed E-state index contributed by atoms with van der Waals surface area (Å²) in [5.41, 5.74) is 8.09. The molecule has 1 aromatic heterocycles. The van der Waals surface area contributed by atoms with E-state index in [1.54, 1.807) is 24.3 Å². The van der Waals surface area contributed by atoms with Crippen molar-refractivity contribution in [2.24, 2.45) is 0 Å². The number of rotatable bonds is 7. The molecule has 0 spiro atoms. The molecule has 2 aromatic carbocycles. The van der Waals surface area contributed by atoms with Crippen molar-refractivity contribution in [1.82, 2.24) is 15.4 Å². The number of nitrogens with zero attached hydrogens (tertiary/aromatic N) is 3. The minimum atomic E-state index is -0.599. The Hall–Kier alpha value is -4.01. The van der Waals surface area contributed by atoms with Gasteiger partial charge in [-0.3, -0.25) is 25.8 Å². The summed E-state index contributed by atoms with van der Waals surface area (Å²) in [6.07, 6.45) is 1.19. The average Bonchev–Trinajstić information content (AvgIpc) is 2.72. The molecule has 0 atom stereocenters. The van der Waals surface area contributed by atoms with Crippen LogP contribution in [0.1, 0.15) is 27.0 Å². The van der Waals surface area contributed by atoms with Crippen LogP contribution in [-0.2, 0) is 6.54 Å². The predicted octanol–water partition coefficient (Wildman–Crippen LogP) is 3.37. The zero-order valence-electron chi connectivity index (χ0n) is 16.0. The van der Waals surface area contributed by atoms with Gasteiger partial charge in [-0.1, -0.05) is 47.5 Å². The van der Waals surface area contributed by atoms with E-state index in [9.17, 15) is 14.9 Å². The molecule has 0 radical (unpaired) electrons. The Bertz CT molecular complexity index is 1020. The summed E-state index contributed by atoms with van der Waals surface area (Å²) in [5, 5.41) is 14.5. The maximum atomic E-state index is 12.2. The largest absolute Gasteiger partial charge is 0.360 e. The molecule has 9 nitrogen and oxygen atoms in total. The molecule has 0 saturated heterocycles. The van der Waals surface area contributed by atoms with Gasteiger partial charge in [-0.15, -0.1) is 0 Å². The van der Waals surface area contributed by atoms with Crippen LogP contribution >= 0.6 is 0 Å². The van der Waals surface area contributed by atoms with Crippen LogP contribution in [0.2, 0.25) is 0 Å². The summed E-state index contributed by atoms with van der Waals surface area (Å²) >= 11 is 0. The van der Waals surface area contributed by atoms with Gasteiger partial charge in [0.05, 0.1) is 4.92 Å². The van der Waals surface area contributed by atoms with Crippen LogP contribution in [0.25, 0.3) is 0 Å². The fraction of sp³-hybridized carbons (Fsp3) is 0.150. The van der Waals surface area contributed by atoms with E-state index in [4.69, 9.17) is 0 Å². The molecule has 0 unspecified atom stereocenters. The molecule has 148 valence electrons. The van der Waals surface area contributed by atoms with E-state index in [2.05, 4.69) is 26.1 Å². The van der Waals surface area contributed by atoms with Gasteiger partial charge < -0.3 is 5.32 Å². The number of aryl methyl sites for hydroxylation is 2. The molecule has 0 aliphatic carbocycles. The summed E-state index contributed by atoms with van der Waals surface area (Å²) in [4.78, 5) is 31.1. The van der Waals surface area contributed by atoms with E-state index in [-0.39, 0.29) is 17.3 Å². The summed E-state index contributed by atoms with van der Waals surface area (Å²) in [6.45, 7) is 4.25. The van der Waals surface area contributed by atoms with Gasteiger partial charge in [0.1, 0.15) is 6.33 Å². The van der Waals surface area contributed by atoms with Crippen molar-refractivity contribution in [1.29, 1.82) is 0 Å². The highest BCUT2D eigenvalue weighted by molar-refractivity contribution is 5.95. The standard InChI is InChI=1S/C20H20N6O3/c1-13-3-7-15(8-4-13)11-21-18-17(26(28)29)19(23-12-22-18)24-25-20(27)16-9-5-14(2)6-10-16/h3-10,12H,11H2,1-2H3,(H,25,27)(H2,21,22,23,24). The lowest BCUT2D eigenvalue weighted by molar-refractivity contribution is -0.383. The third-order valence-electron chi connectivity index (χ3n) is 4.19. The minimum Gasteiger partial charge on any atom is -0.360 e. The van der Waals surface area contributed by atoms with Gasteiger partial charge in [-0.05, 0) is 31.5 Å². The van der Waals surface area contributed by atoms with Crippen molar-refractivity contribution in [3.8, 4) is 0 Å². The summed E-state index contributed by atoms with van der Waals surface area (Å²) in [5.74, 6) is -0.499. The molecule has 1 amide bonds. The first-order valence-corrected chi connectivity index (χ1v) is 8.86. The topological polar surface area (TPSA) is 122 Å². The summed E-state index contributed by atoms with van der Waals surface area (Å²) in [6, 6.07) is 14.7. The molecule has 0 bridgehead atoms. The maximum absolute atomic E-state index is 12.2. The van der Waals surface area contributed by atoms with Crippen LogP contribution in [0.3, 0.4) is 0 Å². The lowest BCUT2D eigenvalue weighted by Crippen LogP contribution is -2.30. The molecule has 0 fully saturated rings. The van der Waals surface area contributed by atoms with E-state index in [1.807, 2.05) is 38.1 Å². The quantitative estimate of drug-likeness (QED) is 0.416. The molecule has 0 saturated carbocycles. The van der Waals surface area contributed by atoms with Crippen LogP contribution in [0.5, 0.6) is 0 Å². The van der Waals surface area contributed by atoms with Gasteiger partial charge in [0.25, 0.3) is 5.91 Å². The number of nitro groups is 1. The van der Waals surface area contributed by atoms with E-state index in [0.717, 1.165) is 16.7 Å². The van der Waals surface area contributed by atoms with Crippen molar-refractivity contribution in [2.45, 2.75) is 20.4 Å². The van der Waals surface area contributed by atoms with E-state index >= 15 is 0 Å². The number of nitrogens with one attached hydrogen (secondary N) is 3. The second-order valence-electron chi connectivity index (χ2n) is 6.46. The van der Waals surface area contributed by atoms with Crippen LogP contribution in [-0.4, -0.2) is 20.8 Å². The smallest absolute Gasteiger partial charge is 0.354 e. The number of hydrazine groups is 1. The number of amides is 1. The number of hydrogen-bond acceptors (Lipinski definition) is 7. The molecule has 3 aromatic rings. The Morgan fingerprint density at radius 3 is 2.17 bits per heavy atom. The van der Waals surface area contributed by atoms with Gasteiger partial charge in [0.15, 0.2) is 0 Å². The number of hydrogen-bond donors (Lipinski definition) is 3. The number of carbonyl (C=O) groups is 1. The Labute approximate surface area is 167 Å². The molecular weight excluding hydrogens is 372 g/mol. The zero-order chi connectivity index (χ0) is 20.8. The fourth-order valence-corrected chi connectivity index (χ4v) is 2.56. The normalized spacial score (nSPS) is 10.3. The summed E-state index contributed by atoms with van der Waals surface area (Å²) in [7, 11) is 0. The molecule has 9 heteroatoms. The van der Waals surface area contributed by atoms with Crippen molar-refractivity contribution < 1.29 is 9.72 Å². The van der Waals surface area contributed by atoms with Gasteiger partial charge in [0, 0.05) is 12.1 Å². The maximum Gasteiger partial charge on any atom is 0.354 e. The molecule has 3 N–H and O–H groups in total. The van der Waals surface area contributed by atoms with Gasteiger partial charge in [0.2, 0.25) is 11.6 Å². The molecule has 1 heterocycles. The van der Waals surface area contributed by atoms with Crippen molar-refractivity contribution in [2.75, 3.05) is 10.7 Å². The van der Waals surface area contributed by atoms with Crippen LogP contribution in [0, 0.1) is 24.0 Å². The lowest BCUT2D eigenvalue weighted by Gasteiger charge is -2.11. The second-order valence-corrected chi connectivity index (χ2v) is 6.46. The first-order valence-electron chi connectivity index (χ1n) is 8.86. The second kappa shape index (κ2) is 8.79. The Balaban J connectivity index is 1.73. The predicted molar refractivity (Wildman–Crippen MR) is 109 cm³/mol. The molecule has 29 heavy (non-hydrogen) atoms. The Morgan fingerprint density at radius 1 is 0.966 bits per heavy atom. The third kappa shape index (κ3) is 5.04. The highest BCUT2D eigenvalue weighted by Gasteiger charge is 2.23. The third-order valence-corrected chi connectivity index (χ3v) is 4.19. The van der Waals surface area contributed by atoms with Crippen molar-refractivity contribution in [3.05, 3.63) is 87.2 Å². The molecule has 0 aliphatic heterocycles. The number of aromatic nitrogens is 2. The lowest BCUT2D eigenvalue weighted by atomic mass is 10.1. The van der Waals surface area contributed by atoms with Crippen LogP contribution < -0.4 is 16.2 Å². The first-order chi connectivity index (χ1) is 13.9. The van der Waals surface area contributed by atoms with E-state index in [0.29, 0.717) is 12.1 Å². The van der Waals surface area contributed by atoms with Gasteiger partial charge in [-0.25, -0.2) is 9.97 Å². The van der Waals surface area contributed by atoms with E-state index in [1.165, 1.54) is 6.33 Å². The van der Waals surface area contributed by atoms with Gasteiger partial charge in [-0.2, -0.15) is 0 Å². The number of carbonyl (C=O) groups excluding carboxylic acids is 1. The van der Waals surface area contributed by atoms with Crippen molar-refractivity contribution in [3.63, 3.8) is 0 Å². The van der Waals surface area contributed by atoms with Crippen molar-refractivity contribution >= 4 is 23.2 Å². The van der Waals surface area contributed by atoms with Gasteiger partial charge >= 0.3 is 5.69 Å². The average molecular weight is 392 g/mol. The Kier molecular flexibility index (Phi) is 5.98. The monoisotopic (exact) mass is 392 g/mol. The van der Waals surface area contributed by atoms with Crippen LogP contribution in [0.4, 0.5) is 17.3 Å². The molecular formula is C20H20N6O3. The fourth-order valence-electron chi connectivity index (χ4n) is 2.56. The Morgan fingerprint density at radius 2 is 1.55 bits per heavy atom. The highest BCUT2D eigenvalue weighted by Crippen LogP contribution is 2.28. The summed E-state index contributed by atoms with van der Waals surface area (Å²) < 4.78 is 0. The SMILES string of the molecule is Cc1ccc(CNc2ncnc(NNC(=O)c3ccc(C)cc3)c2[N+](=O)[O-])cc1. The van der Waals surface area contributed by atoms with Crippen LogP contribution in [0.15, 0.2) is 54.9 Å². The highest BCUT2D eigenvalue weighted by atomic mass is 16.6. The number of benzene rings is 2. The zero-order valence-corrected chi connectivity index (χ0v) is 16.0. The van der Waals surface area contributed by atoms with E-state index < -0.39 is 10.8 Å². The number of anilines is 2. The molecule has 3 rings (SSSR count).